The Hall–Kier alpha value is -2.08. The normalized spacial score (nSPS) is 11.2. The van der Waals surface area contributed by atoms with E-state index in [1.165, 1.54) is 0 Å². The average molecular weight is 305 g/mol. The molecule has 3 heterocycles. The van der Waals surface area contributed by atoms with Crippen LogP contribution in [-0.2, 0) is 6.54 Å². The minimum absolute atomic E-state index is 0.733. The van der Waals surface area contributed by atoms with Crippen molar-refractivity contribution in [1.82, 2.24) is 24.4 Å². The van der Waals surface area contributed by atoms with Gasteiger partial charge in [0.05, 0.1) is 29.2 Å². The SMILES string of the molecule is Cc1cc(NCCn2nc(C)c(Cl)c2C)n2nccc2n1. The third-order valence-corrected chi connectivity index (χ3v) is 3.96. The van der Waals surface area contributed by atoms with Gasteiger partial charge in [-0.1, -0.05) is 11.6 Å². The molecule has 0 saturated carbocycles. The lowest BCUT2D eigenvalue weighted by molar-refractivity contribution is 0.613. The predicted octanol–water partition coefficient (Wildman–Crippen LogP) is 2.62. The molecule has 1 N–H and O–H groups in total. The van der Waals surface area contributed by atoms with Crippen LogP contribution in [0, 0.1) is 20.8 Å². The molecular weight excluding hydrogens is 288 g/mol. The molecule has 3 aromatic heterocycles. The van der Waals surface area contributed by atoms with Crippen LogP contribution in [-0.4, -0.2) is 30.9 Å². The number of anilines is 1. The van der Waals surface area contributed by atoms with Gasteiger partial charge >= 0.3 is 0 Å². The number of aromatic nitrogens is 5. The Morgan fingerprint density at radius 2 is 2.10 bits per heavy atom. The minimum Gasteiger partial charge on any atom is -0.368 e. The lowest BCUT2D eigenvalue weighted by Gasteiger charge is -2.10. The third kappa shape index (κ3) is 2.58. The van der Waals surface area contributed by atoms with E-state index in [-0.39, 0.29) is 0 Å². The first kappa shape index (κ1) is 13.9. The van der Waals surface area contributed by atoms with E-state index in [4.69, 9.17) is 11.6 Å². The summed E-state index contributed by atoms with van der Waals surface area (Å²) in [6.07, 6.45) is 1.74. The van der Waals surface area contributed by atoms with Crippen molar-refractivity contribution in [2.75, 3.05) is 11.9 Å². The Morgan fingerprint density at radius 3 is 2.81 bits per heavy atom. The summed E-state index contributed by atoms with van der Waals surface area (Å²) in [5.74, 6) is 0.926. The highest BCUT2D eigenvalue weighted by atomic mass is 35.5. The number of nitrogens with zero attached hydrogens (tertiary/aromatic N) is 5. The second-order valence-electron chi connectivity index (χ2n) is 5.02. The minimum atomic E-state index is 0.733. The number of nitrogens with one attached hydrogen (secondary N) is 1. The van der Waals surface area contributed by atoms with E-state index in [9.17, 15) is 0 Å². The first-order valence-corrected chi connectivity index (χ1v) is 7.19. The van der Waals surface area contributed by atoms with E-state index in [2.05, 4.69) is 20.5 Å². The summed E-state index contributed by atoms with van der Waals surface area (Å²) in [5, 5.41) is 12.8. The van der Waals surface area contributed by atoms with Crippen LogP contribution in [0.2, 0.25) is 5.02 Å². The molecule has 3 rings (SSSR count). The van der Waals surface area contributed by atoms with Gasteiger partial charge in [-0.25, -0.2) is 4.98 Å². The van der Waals surface area contributed by atoms with Gasteiger partial charge in [0.1, 0.15) is 5.82 Å². The molecule has 0 atom stereocenters. The number of fused-ring (bicyclic) bond motifs is 1. The highest BCUT2D eigenvalue weighted by molar-refractivity contribution is 6.31. The van der Waals surface area contributed by atoms with Crippen molar-refractivity contribution in [3.05, 3.63) is 40.4 Å². The lowest BCUT2D eigenvalue weighted by Crippen LogP contribution is -2.15. The molecule has 3 aromatic rings. The fourth-order valence-corrected chi connectivity index (χ4v) is 2.48. The summed E-state index contributed by atoms with van der Waals surface area (Å²) >= 11 is 6.15. The molecule has 0 fully saturated rings. The number of rotatable bonds is 4. The van der Waals surface area contributed by atoms with E-state index in [0.717, 1.165) is 46.7 Å². The Labute approximate surface area is 127 Å². The first-order valence-electron chi connectivity index (χ1n) is 6.81. The van der Waals surface area contributed by atoms with E-state index >= 15 is 0 Å². The Bertz CT molecular complexity index is 788. The van der Waals surface area contributed by atoms with Gasteiger partial charge in [-0.2, -0.15) is 14.7 Å². The predicted molar refractivity (Wildman–Crippen MR) is 82.9 cm³/mol. The van der Waals surface area contributed by atoms with Gasteiger partial charge in [-0.15, -0.1) is 0 Å². The standard InChI is InChI=1S/C14H17ClN6/c1-9-8-13(21-12(18-9)4-5-17-21)16-6-7-20-11(3)14(15)10(2)19-20/h4-5,8,16H,6-7H2,1-3H3. The summed E-state index contributed by atoms with van der Waals surface area (Å²) in [7, 11) is 0. The van der Waals surface area contributed by atoms with Crippen LogP contribution in [0.5, 0.6) is 0 Å². The van der Waals surface area contributed by atoms with Crippen molar-refractivity contribution in [2.24, 2.45) is 0 Å². The van der Waals surface area contributed by atoms with Crippen LogP contribution >= 0.6 is 11.6 Å². The highest BCUT2D eigenvalue weighted by Gasteiger charge is 2.09. The van der Waals surface area contributed by atoms with Gasteiger partial charge in [0.25, 0.3) is 0 Å². The third-order valence-electron chi connectivity index (χ3n) is 3.41. The molecule has 0 bridgehead atoms. The van der Waals surface area contributed by atoms with Crippen molar-refractivity contribution in [3.8, 4) is 0 Å². The summed E-state index contributed by atoms with van der Waals surface area (Å²) in [5.41, 5.74) is 3.65. The molecular formula is C14H17ClN6. The van der Waals surface area contributed by atoms with Gasteiger partial charge in [0.2, 0.25) is 0 Å². The van der Waals surface area contributed by atoms with E-state index in [0.29, 0.717) is 0 Å². The molecule has 0 amide bonds. The van der Waals surface area contributed by atoms with E-state index in [1.807, 2.05) is 37.6 Å². The van der Waals surface area contributed by atoms with E-state index in [1.54, 1.807) is 10.7 Å². The molecule has 0 aliphatic rings. The maximum Gasteiger partial charge on any atom is 0.157 e. The molecule has 110 valence electrons. The fraction of sp³-hybridized carbons (Fsp3) is 0.357. The monoisotopic (exact) mass is 304 g/mol. The molecule has 0 aliphatic heterocycles. The lowest BCUT2D eigenvalue weighted by atomic mass is 10.4. The Balaban J connectivity index is 1.75. The van der Waals surface area contributed by atoms with Crippen molar-refractivity contribution in [1.29, 1.82) is 0 Å². The zero-order valence-electron chi connectivity index (χ0n) is 12.3. The highest BCUT2D eigenvalue weighted by Crippen LogP contribution is 2.18. The zero-order valence-corrected chi connectivity index (χ0v) is 13.0. The summed E-state index contributed by atoms with van der Waals surface area (Å²) in [6, 6.07) is 3.87. The van der Waals surface area contributed by atoms with Crippen molar-refractivity contribution < 1.29 is 0 Å². The smallest absolute Gasteiger partial charge is 0.157 e. The summed E-state index contributed by atoms with van der Waals surface area (Å²) < 4.78 is 3.71. The quantitative estimate of drug-likeness (QED) is 0.805. The topological polar surface area (TPSA) is 60.0 Å². The van der Waals surface area contributed by atoms with Crippen LogP contribution in [0.3, 0.4) is 0 Å². The second-order valence-corrected chi connectivity index (χ2v) is 5.40. The van der Waals surface area contributed by atoms with Crippen LogP contribution in [0.15, 0.2) is 18.3 Å². The number of hydrogen-bond donors (Lipinski definition) is 1. The molecule has 7 heteroatoms. The molecule has 6 nitrogen and oxygen atoms in total. The Morgan fingerprint density at radius 1 is 1.29 bits per heavy atom. The number of hydrogen-bond acceptors (Lipinski definition) is 4. The van der Waals surface area contributed by atoms with Crippen LogP contribution < -0.4 is 5.32 Å². The van der Waals surface area contributed by atoms with E-state index < -0.39 is 0 Å². The second kappa shape index (κ2) is 5.37. The van der Waals surface area contributed by atoms with Crippen molar-refractivity contribution >= 4 is 23.1 Å². The summed E-state index contributed by atoms with van der Waals surface area (Å²) in [4.78, 5) is 4.42. The molecule has 21 heavy (non-hydrogen) atoms. The molecule has 0 radical (unpaired) electrons. The molecule has 0 unspecified atom stereocenters. The molecule has 0 aromatic carbocycles. The average Bonchev–Trinajstić information content (AvgIpc) is 3.00. The molecule has 0 saturated heterocycles. The number of halogens is 1. The van der Waals surface area contributed by atoms with Gasteiger partial charge in [-0.05, 0) is 20.8 Å². The van der Waals surface area contributed by atoms with Gasteiger partial charge in [-0.3, -0.25) is 4.68 Å². The first-order chi connectivity index (χ1) is 10.1. The maximum atomic E-state index is 6.15. The van der Waals surface area contributed by atoms with Gasteiger partial charge in [0.15, 0.2) is 5.65 Å². The fourth-order valence-electron chi connectivity index (χ4n) is 2.35. The van der Waals surface area contributed by atoms with Crippen molar-refractivity contribution in [3.63, 3.8) is 0 Å². The van der Waals surface area contributed by atoms with Gasteiger partial charge in [0, 0.05) is 24.4 Å². The van der Waals surface area contributed by atoms with Crippen molar-refractivity contribution in [2.45, 2.75) is 27.3 Å². The Kier molecular flexibility index (Phi) is 3.55. The molecule has 0 spiro atoms. The zero-order chi connectivity index (χ0) is 15.0. The largest absolute Gasteiger partial charge is 0.368 e. The maximum absolute atomic E-state index is 6.15. The summed E-state index contributed by atoms with van der Waals surface area (Å²) in [6.45, 7) is 7.34. The molecule has 0 aliphatic carbocycles. The van der Waals surface area contributed by atoms with Gasteiger partial charge < -0.3 is 5.32 Å². The van der Waals surface area contributed by atoms with Crippen LogP contribution in [0.4, 0.5) is 5.82 Å². The van der Waals surface area contributed by atoms with Crippen LogP contribution in [0.25, 0.3) is 5.65 Å². The number of aryl methyl sites for hydroxylation is 2. The van der Waals surface area contributed by atoms with Crippen LogP contribution in [0.1, 0.15) is 17.1 Å².